The van der Waals surface area contributed by atoms with Gasteiger partial charge in [-0.2, -0.15) is 0 Å². The highest BCUT2D eigenvalue weighted by atomic mass is 32.1. The standard InChI is InChI=1S/C18H18N4O4S/c1-3-4-7-22-15-13(17(23)21(2)18(22)24)16(27)20-14(19-15)10-5-6-11-12(8-10)26-9-25-11/h5-6,8H,3-4,7,9H2,1-2H3,(H,19,20,27). The largest absolute Gasteiger partial charge is 0.454 e. The van der Waals surface area contributed by atoms with E-state index in [2.05, 4.69) is 9.97 Å². The SMILES string of the molecule is CCCCn1c(=O)n(C)c(=O)c2c(=S)nc(-c3ccc4c(c3)OCO4)[nH]c21. The van der Waals surface area contributed by atoms with Crippen LogP contribution >= 0.6 is 12.2 Å². The van der Waals surface area contributed by atoms with Gasteiger partial charge in [-0.05, 0) is 24.6 Å². The van der Waals surface area contributed by atoms with Crippen LogP contribution in [0, 0.1) is 4.64 Å². The molecule has 0 fully saturated rings. The van der Waals surface area contributed by atoms with E-state index in [1.165, 1.54) is 7.05 Å². The molecule has 0 radical (unpaired) electrons. The third-order valence-electron chi connectivity index (χ3n) is 4.59. The molecule has 0 aliphatic carbocycles. The second-order valence-corrected chi connectivity index (χ2v) is 6.72. The van der Waals surface area contributed by atoms with Crippen molar-refractivity contribution in [3.63, 3.8) is 0 Å². The van der Waals surface area contributed by atoms with Crippen LogP contribution in [0.5, 0.6) is 11.5 Å². The molecule has 0 unspecified atom stereocenters. The second kappa shape index (κ2) is 6.66. The molecule has 0 saturated heterocycles. The molecule has 140 valence electrons. The van der Waals surface area contributed by atoms with E-state index < -0.39 is 5.56 Å². The quantitative estimate of drug-likeness (QED) is 0.692. The van der Waals surface area contributed by atoms with E-state index in [0.717, 1.165) is 23.0 Å². The number of ether oxygens (including phenoxy) is 2. The number of nitrogens with one attached hydrogen (secondary N) is 1. The van der Waals surface area contributed by atoms with Crippen LogP contribution in [0.25, 0.3) is 22.4 Å². The highest BCUT2D eigenvalue weighted by Gasteiger charge is 2.18. The Morgan fingerprint density at radius 1 is 1.26 bits per heavy atom. The molecule has 1 aliphatic rings. The molecule has 3 heterocycles. The normalized spacial score (nSPS) is 12.7. The van der Waals surface area contributed by atoms with E-state index >= 15 is 0 Å². The Balaban J connectivity index is 2.00. The van der Waals surface area contributed by atoms with Gasteiger partial charge in [-0.3, -0.25) is 13.9 Å². The summed E-state index contributed by atoms with van der Waals surface area (Å²) in [4.78, 5) is 32.7. The number of rotatable bonds is 4. The molecule has 3 aromatic rings. The van der Waals surface area contributed by atoms with Crippen molar-refractivity contribution < 1.29 is 9.47 Å². The van der Waals surface area contributed by atoms with Gasteiger partial charge in [0.1, 0.15) is 21.5 Å². The predicted octanol–water partition coefficient (Wildman–Crippen LogP) is 2.35. The summed E-state index contributed by atoms with van der Waals surface area (Å²) in [5.41, 5.74) is 0.287. The van der Waals surface area contributed by atoms with E-state index in [1.807, 2.05) is 13.0 Å². The van der Waals surface area contributed by atoms with Gasteiger partial charge in [-0.25, -0.2) is 9.78 Å². The molecule has 0 amide bonds. The first-order valence-corrected chi connectivity index (χ1v) is 9.06. The molecule has 8 nitrogen and oxygen atoms in total. The van der Waals surface area contributed by atoms with Crippen LogP contribution < -0.4 is 20.7 Å². The van der Waals surface area contributed by atoms with Gasteiger partial charge in [0, 0.05) is 19.2 Å². The summed E-state index contributed by atoms with van der Waals surface area (Å²) in [6.45, 7) is 2.69. The number of benzene rings is 1. The molecule has 0 bridgehead atoms. The van der Waals surface area contributed by atoms with Crippen molar-refractivity contribution in [1.82, 2.24) is 19.1 Å². The van der Waals surface area contributed by atoms with E-state index in [1.54, 1.807) is 16.7 Å². The third-order valence-corrected chi connectivity index (χ3v) is 4.88. The van der Waals surface area contributed by atoms with Crippen LogP contribution in [-0.2, 0) is 13.6 Å². The van der Waals surface area contributed by atoms with E-state index in [9.17, 15) is 9.59 Å². The van der Waals surface area contributed by atoms with Gasteiger partial charge in [-0.1, -0.05) is 25.6 Å². The van der Waals surface area contributed by atoms with Gasteiger partial charge in [-0.15, -0.1) is 0 Å². The third kappa shape index (κ3) is 2.84. The number of unbranched alkanes of at least 4 members (excludes halogenated alkanes) is 1. The molecule has 9 heteroatoms. The summed E-state index contributed by atoms with van der Waals surface area (Å²) in [5.74, 6) is 1.73. The average molecular weight is 386 g/mol. The Kier molecular flexibility index (Phi) is 4.31. The molecule has 2 aromatic heterocycles. The van der Waals surface area contributed by atoms with Crippen molar-refractivity contribution >= 4 is 23.3 Å². The van der Waals surface area contributed by atoms with Gasteiger partial charge in [0.2, 0.25) is 6.79 Å². The number of hydrogen-bond donors (Lipinski definition) is 1. The summed E-state index contributed by atoms with van der Waals surface area (Å²) in [7, 11) is 1.45. The van der Waals surface area contributed by atoms with Crippen molar-refractivity contribution in [2.45, 2.75) is 26.3 Å². The maximum atomic E-state index is 12.6. The smallest absolute Gasteiger partial charge is 0.332 e. The van der Waals surface area contributed by atoms with Gasteiger partial charge < -0.3 is 14.5 Å². The number of aromatic nitrogens is 4. The molecule has 0 spiro atoms. The lowest BCUT2D eigenvalue weighted by Gasteiger charge is -2.13. The Morgan fingerprint density at radius 3 is 2.81 bits per heavy atom. The fourth-order valence-corrected chi connectivity index (χ4v) is 3.37. The summed E-state index contributed by atoms with van der Waals surface area (Å²) >= 11 is 5.39. The van der Waals surface area contributed by atoms with E-state index in [4.69, 9.17) is 21.7 Å². The number of hydrogen-bond acceptors (Lipinski definition) is 6. The van der Waals surface area contributed by atoms with Gasteiger partial charge in [0.25, 0.3) is 5.56 Å². The maximum absolute atomic E-state index is 12.6. The Labute approximate surface area is 159 Å². The van der Waals surface area contributed by atoms with Crippen molar-refractivity contribution in [3.8, 4) is 22.9 Å². The summed E-state index contributed by atoms with van der Waals surface area (Å²) in [6.07, 6.45) is 1.72. The average Bonchev–Trinajstić information content (AvgIpc) is 3.13. The van der Waals surface area contributed by atoms with Crippen molar-refractivity contribution in [3.05, 3.63) is 43.7 Å². The van der Waals surface area contributed by atoms with Crippen LogP contribution in [0.1, 0.15) is 19.8 Å². The Bertz CT molecular complexity index is 1220. The minimum absolute atomic E-state index is 0.155. The van der Waals surface area contributed by atoms with Gasteiger partial charge >= 0.3 is 5.69 Å². The van der Waals surface area contributed by atoms with Crippen molar-refractivity contribution in [2.75, 3.05) is 6.79 Å². The van der Waals surface area contributed by atoms with Crippen LogP contribution in [0.4, 0.5) is 0 Å². The molecule has 1 N–H and O–H groups in total. The van der Waals surface area contributed by atoms with Crippen LogP contribution in [0.2, 0.25) is 0 Å². The highest BCUT2D eigenvalue weighted by Crippen LogP contribution is 2.35. The first-order chi connectivity index (χ1) is 13.0. The molecule has 0 saturated carbocycles. The monoisotopic (exact) mass is 386 g/mol. The Hall–Kier alpha value is -2.94. The van der Waals surface area contributed by atoms with Gasteiger partial charge in [0.05, 0.1) is 0 Å². The zero-order valence-electron chi connectivity index (χ0n) is 14.9. The lowest BCUT2D eigenvalue weighted by atomic mass is 10.2. The molecular weight excluding hydrogens is 368 g/mol. The molecule has 0 atom stereocenters. The zero-order valence-corrected chi connectivity index (χ0v) is 15.8. The fraction of sp³-hybridized carbons (Fsp3) is 0.333. The topological polar surface area (TPSA) is 91.1 Å². The lowest BCUT2D eigenvalue weighted by Crippen LogP contribution is -2.39. The minimum atomic E-state index is -0.450. The molecular formula is C18H18N4O4S. The van der Waals surface area contributed by atoms with Crippen LogP contribution in [-0.4, -0.2) is 25.9 Å². The summed E-state index contributed by atoms with van der Waals surface area (Å²) in [5, 5.41) is 0.243. The summed E-state index contributed by atoms with van der Waals surface area (Å²) in [6, 6.07) is 5.40. The fourth-order valence-electron chi connectivity index (χ4n) is 3.09. The molecule has 4 rings (SSSR count). The Morgan fingerprint density at radius 2 is 2.04 bits per heavy atom. The van der Waals surface area contributed by atoms with E-state index in [-0.39, 0.29) is 22.5 Å². The highest BCUT2D eigenvalue weighted by molar-refractivity contribution is 7.71. The van der Waals surface area contributed by atoms with Crippen molar-refractivity contribution in [2.24, 2.45) is 7.05 Å². The predicted molar refractivity (Wildman–Crippen MR) is 103 cm³/mol. The first-order valence-electron chi connectivity index (χ1n) is 8.65. The minimum Gasteiger partial charge on any atom is -0.454 e. The lowest BCUT2D eigenvalue weighted by molar-refractivity contribution is 0.174. The number of nitrogens with zero attached hydrogens (tertiary/aromatic N) is 3. The maximum Gasteiger partial charge on any atom is 0.332 e. The van der Waals surface area contributed by atoms with Crippen LogP contribution in [0.15, 0.2) is 27.8 Å². The number of aryl methyl sites for hydroxylation is 1. The number of H-pyrrole nitrogens is 1. The molecule has 1 aromatic carbocycles. The van der Waals surface area contributed by atoms with Gasteiger partial charge in [0.15, 0.2) is 11.5 Å². The van der Waals surface area contributed by atoms with Crippen molar-refractivity contribution in [1.29, 1.82) is 0 Å². The number of fused-ring (bicyclic) bond motifs is 2. The first kappa shape index (κ1) is 17.5. The van der Waals surface area contributed by atoms with Crippen LogP contribution in [0.3, 0.4) is 0 Å². The number of aromatic amines is 1. The second-order valence-electron chi connectivity index (χ2n) is 6.33. The summed E-state index contributed by atoms with van der Waals surface area (Å²) < 4.78 is 13.5. The zero-order chi connectivity index (χ0) is 19.1. The molecule has 27 heavy (non-hydrogen) atoms. The van der Waals surface area contributed by atoms with E-state index in [0.29, 0.717) is 29.5 Å². The molecule has 1 aliphatic heterocycles.